The van der Waals surface area contributed by atoms with Crippen LogP contribution in [0.2, 0.25) is 5.02 Å². The lowest BCUT2D eigenvalue weighted by Gasteiger charge is -2.33. The number of rotatable bonds is 5. The Kier molecular flexibility index (Phi) is 5.81. The van der Waals surface area contributed by atoms with Crippen LogP contribution in [-0.2, 0) is 4.79 Å². The van der Waals surface area contributed by atoms with Crippen molar-refractivity contribution < 1.29 is 14.3 Å². The van der Waals surface area contributed by atoms with Crippen LogP contribution < -0.4 is 15.0 Å². The molecule has 0 unspecified atom stereocenters. The van der Waals surface area contributed by atoms with Crippen molar-refractivity contribution in [2.45, 2.75) is 6.92 Å². The van der Waals surface area contributed by atoms with Gasteiger partial charge in [-0.15, -0.1) is 0 Å². The number of pyridine rings is 1. The van der Waals surface area contributed by atoms with Gasteiger partial charge in [0.1, 0.15) is 11.4 Å². The van der Waals surface area contributed by atoms with E-state index in [0.717, 1.165) is 30.8 Å². The summed E-state index contributed by atoms with van der Waals surface area (Å²) in [6.45, 7) is 4.71. The quantitative estimate of drug-likeness (QED) is 0.797. The van der Waals surface area contributed by atoms with Crippen LogP contribution in [0.3, 0.4) is 0 Å². The average Bonchev–Trinajstić information content (AvgIpc) is 2.70. The molecule has 1 aliphatic heterocycles. The number of nitrogens with one attached hydrogen (secondary N) is 1. The van der Waals surface area contributed by atoms with E-state index in [1.807, 2.05) is 13.0 Å². The van der Waals surface area contributed by atoms with Crippen molar-refractivity contribution in [2.24, 2.45) is 0 Å². The number of aryl methyl sites for hydroxylation is 1. The fraction of sp³-hybridized carbons (Fsp3) is 0.316. The van der Waals surface area contributed by atoms with E-state index < -0.39 is 0 Å². The zero-order chi connectivity index (χ0) is 19.4. The monoisotopic (exact) mass is 388 g/mol. The maximum atomic E-state index is 12.5. The molecule has 2 heterocycles. The molecule has 0 saturated carbocycles. The minimum Gasteiger partial charge on any atom is -0.495 e. The van der Waals surface area contributed by atoms with E-state index in [9.17, 15) is 9.59 Å². The third kappa shape index (κ3) is 4.31. The number of nitrogens with zero attached hydrogens (tertiary/aromatic N) is 3. The number of carbonyl (C=O) groups is 2. The van der Waals surface area contributed by atoms with E-state index in [2.05, 4.69) is 15.2 Å². The third-order valence-electron chi connectivity index (χ3n) is 4.54. The summed E-state index contributed by atoms with van der Waals surface area (Å²) in [4.78, 5) is 31.5. The minimum absolute atomic E-state index is 0.305. The summed E-state index contributed by atoms with van der Waals surface area (Å²) in [5.74, 6) is 0.163. The molecule has 0 spiro atoms. The Morgan fingerprint density at radius 3 is 2.59 bits per heavy atom. The van der Waals surface area contributed by atoms with E-state index in [0.29, 0.717) is 35.2 Å². The fourth-order valence-electron chi connectivity index (χ4n) is 2.91. The second-order valence-electron chi connectivity index (χ2n) is 6.29. The predicted molar refractivity (Wildman–Crippen MR) is 105 cm³/mol. The van der Waals surface area contributed by atoms with Crippen molar-refractivity contribution in [3.63, 3.8) is 0 Å². The number of piperazine rings is 1. The number of benzene rings is 1. The van der Waals surface area contributed by atoms with Crippen LogP contribution in [0.4, 0.5) is 11.4 Å². The summed E-state index contributed by atoms with van der Waals surface area (Å²) in [7, 11) is 1.52. The summed E-state index contributed by atoms with van der Waals surface area (Å²) in [6.07, 6.45) is 2.55. The number of hydrogen-bond acceptors (Lipinski definition) is 5. The van der Waals surface area contributed by atoms with Gasteiger partial charge in [-0.05, 0) is 30.7 Å². The number of hydrogen-bond donors (Lipinski definition) is 1. The van der Waals surface area contributed by atoms with E-state index in [-0.39, 0.29) is 5.91 Å². The Labute approximate surface area is 162 Å². The summed E-state index contributed by atoms with van der Waals surface area (Å²) in [6, 6.07) is 6.98. The zero-order valence-electron chi connectivity index (χ0n) is 15.2. The van der Waals surface area contributed by atoms with Gasteiger partial charge in [0.2, 0.25) is 6.41 Å². The Bertz CT molecular complexity index is 834. The molecule has 142 valence electrons. The van der Waals surface area contributed by atoms with Gasteiger partial charge in [-0.2, -0.15) is 0 Å². The highest BCUT2D eigenvalue weighted by Crippen LogP contribution is 2.31. The van der Waals surface area contributed by atoms with Crippen LogP contribution in [0.15, 0.2) is 30.5 Å². The molecule has 1 aromatic carbocycles. The van der Waals surface area contributed by atoms with Crippen LogP contribution in [0.5, 0.6) is 5.75 Å². The molecule has 2 amide bonds. The van der Waals surface area contributed by atoms with Gasteiger partial charge in [-0.3, -0.25) is 9.59 Å². The first kappa shape index (κ1) is 19.0. The molecule has 3 rings (SSSR count). The SMILES string of the molecule is COc1cc(Cl)c(C)cc1NC(=O)c1ccc(N2CCN(C=O)CC2)cn1. The topological polar surface area (TPSA) is 74.8 Å². The Morgan fingerprint density at radius 2 is 2.00 bits per heavy atom. The number of anilines is 2. The van der Waals surface area contributed by atoms with Crippen LogP contribution in [0.25, 0.3) is 0 Å². The van der Waals surface area contributed by atoms with Crippen LogP contribution in [-0.4, -0.2) is 55.5 Å². The maximum absolute atomic E-state index is 12.5. The van der Waals surface area contributed by atoms with Crippen LogP contribution in [0, 0.1) is 6.92 Å². The highest BCUT2D eigenvalue weighted by molar-refractivity contribution is 6.31. The normalized spacial score (nSPS) is 14.0. The first-order valence-corrected chi connectivity index (χ1v) is 8.95. The number of carbonyl (C=O) groups excluding carboxylic acids is 2. The Hall–Kier alpha value is -2.80. The molecule has 0 radical (unpaired) electrons. The smallest absolute Gasteiger partial charge is 0.274 e. The number of halogens is 1. The standard InChI is InChI=1S/C19H21ClN4O3/c1-13-9-17(18(27-2)10-15(13)20)22-19(26)16-4-3-14(11-21-16)24-7-5-23(12-25)6-8-24/h3-4,9-12H,5-8H2,1-2H3,(H,22,26). The molecule has 0 atom stereocenters. The summed E-state index contributed by atoms with van der Waals surface area (Å²) >= 11 is 6.10. The molecular formula is C19H21ClN4O3. The van der Waals surface area contributed by atoms with Crippen molar-refractivity contribution >= 4 is 35.3 Å². The van der Waals surface area contributed by atoms with Gasteiger partial charge in [0, 0.05) is 37.3 Å². The lowest BCUT2D eigenvalue weighted by Crippen LogP contribution is -2.45. The molecule has 1 saturated heterocycles. The molecule has 1 aromatic heterocycles. The number of methoxy groups -OCH3 is 1. The largest absolute Gasteiger partial charge is 0.495 e. The van der Waals surface area contributed by atoms with Crippen LogP contribution >= 0.6 is 11.6 Å². The van der Waals surface area contributed by atoms with E-state index in [1.165, 1.54) is 7.11 Å². The number of amides is 2. The van der Waals surface area contributed by atoms with Crippen molar-refractivity contribution in [2.75, 3.05) is 43.5 Å². The summed E-state index contributed by atoms with van der Waals surface area (Å²) < 4.78 is 5.28. The van der Waals surface area contributed by atoms with Gasteiger partial charge >= 0.3 is 0 Å². The van der Waals surface area contributed by atoms with E-state index in [4.69, 9.17) is 16.3 Å². The molecule has 0 aliphatic carbocycles. The molecule has 1 fully saturated rings. The van der Waals surface area contributed by atoms with E-state index in [1.54, 1.807) is 29.3 Å². The molecule has 2 aromatic rings. The minimum atomic E-state index is -0.327. The molecule has 8 heteroatoms. The molecule has 1 N–H and O–H groups in total. The van der Waals surface area contributed by atoms with Crippen molar-refractivity contribution in [3.8, 4) is 5.75 Å². The lowest BCUT2D eigenvalue weighted by molar-refractivity contribution is -0.118. The van der Waals surface area contributed by atoms with Crippen molar-refractivity contribution in [1.29, 1.82) is 0 Å². The maximum Gasteiger partial charge on any atom is 0.274 e. The van der Waals surface area contributed by atoms with Crippen LogP contribution in [0.1, 0.15) is 16.1 Å². The Morgan fingerprint density at radius 1 is 1.26 bits per heavy atom. The first-order chi connectivity index (χ1) is 13.0. The fourth-order valence-corrected chi connectivity index (χ4v) is 3.06. The highest BCUT2D eigenvalue weighted by atomic mass is 35.5. The van der Waals surface area contributed by atoms with Gasteiger partial charge in [0.15, 0.2) is 0 Å². The Balaban J connectivity index is 1.70. The average molecular weight is 389 g/mol. The van der Waals surface area contributed by atoms with Gasteiger partial charge in [-0.1, -0.05) is 11.6 Å². The van der Waals surface area contributed by atoms with Gasteiger partial charge in [-0.25, -0.2) is 4.98 Å². The lowest BCUT2D eigenvalue weighted by atomic mass is 10.2. The highest BCUT2D eigenvalue weighted by Gasteiger charge is 2.17. The second-order valence-corrected chi connectivity index (χ2v) is 6.69. The second kappa shape index (κ2) is 8.26. The van der Waals surface area contributed by atoms with Gasteiger partial charge in [0.05, 0.1) is 24.7 Å². The van der Waals surface area contributed by atoms with Gasteiger partial charge < -0.3 is 19.9 Å². The number of ether oxygens (including phenoxy) is 1. The van der Waals surface area contributed by atoms with Crippen molar-refractivity contribution in [1.82, 2.24) is 9.88 Å². The summed E-state index contributed by atoms with van der Waals surface area (Å²) in [5, 5.41) is 3.39. The molecule has 7 nitrogen and oxygen atoms in total. The molecular weight excluding hydrogens is 368 g/mol. The molecule has 27 heavy (non-hydrogen) atoms. The zero-order valence-corrected chi connectivity index (χ0v) is 16.0. The van der Waals surface area contributed by atoms with Crippen molar-refractivity contribution in [3.05, 3.63) is 46.7 Å². The molecule has 0 bridgehead atoms. The van der Waals surface area contributed by atoms with Gasteiger partial charge in [0.25, 0.3) is 5.91 Å². The van der Waals surface area contributed by atoms with E-state index >= 15 is 0 Å². The summed E-state index contributed by atoms with van der Waals surface area (Å²) in [5.41, 5.74) is 2.61. The number of aromatic nitrogens is 1. The predicted octanol–water partition coefficient (Wildman–Crippen LogP) is 2.58. The third-order valence-corrected chi connectivity index (χ3v) is 4.95. The first-order valence-electron chi connectivity index (χ1n) is 8.57. The molecule has 1 aliphatic rings.